The monoisotopic (exact) mass is 285 g/mol. The van der Waals surface area contributed by atoms with Crippen molar-refractivity contribution in [3.63, 3.8) is 0 Å². The van der Waals surface area contributed by atoms with Gasteiger partial charge < -0.3 is 14.8 Å². The van der Waals surface area contributed by atoms with Gasteiger partial charge in [0, 0.05) is 13.0 Å². The van der Waals surface area contributed by atoms with Crippen molar-refractivity contribution in [1.29, 1.82) is 0 Å². The molecular weight excluding hydrogens is 266 g/mol. The molecule has 5 nitrogen and oxygen atoms in total. The number of hydrogen-bond acceptors (Lipinski definition) is 4. The predicted molar refractivity (Wildman–Crippen MR) is 74.3 cm³/mol. The number of carbonyl (C=O) groups excluding carboxylic acids is 1. The molecule has 1 unspecified atom stereocenters. The molecule has 6 heteroatoms. The number of furan rings is 1. The molecule has 0 aliphatic carbocycles. The maximum absolute atomic E-state index is 11.8. The number of carboxylic acid groups (broad SMARTS) is 1. The molecule has 0 spiro atoms. The Bertz CT molecular complexity index is 430. The van der Waals surface area contributed by atoms with Gasteiger partial charge in [-0.2, -0.15) is 11.8 Å². The summed E-state index contributed by atoms with van der Waals surface area (Å²) in [5.74, 6) is 0.563. The van der Waals surface area contributed by atoms with Gasteiger partial charge in [-0.15, -0.1) is 0 Å². The highest BCUT2D eigenvalue weighted by molar-refractivity contribution is 7.97. The molecule has 1 amide bonds. The number of hydrogen-bond donors (Lipinski definition) is 2. The molecule has 1 rings (SSSR count). The van der Waals surface area contributed by atoms with Crippen molar-refractivity contribution in [3.05, 3.63) is 23.7 Å². The largest absolute Gasteiger partial charge is 0.481 e. The van der Waals surface area contributed by atoms with Crippen molar-refractivity contribution < 1.29 is 19.1 Å². The van der Waals surface area contributed by atoms with E-state index in [-0.39, 0.29) is 24.0 Å². The van der Waals surface area contributed by atoms with E-state index < -0.39 is 5.97 Å². The predicted octanol–water partition coefficient (Wildman–Crippen LogP) is 2.37. The van der Waals surface area contributed by atoms with Crippen LogP contribution in [-0.4, -0.2) is 29.8 Å². The fourth-order valence-electron chi connectivity index (χ4n) is 1.65. The molecule has 1 aromatic heterocycles. The molecule has 0 saturated carbocycles. The fourth-order valence-corrected chi connectivity index (χ4v) is 2.09. The Morgan fingerprint density at radius 3 is 2.79 bits per heavy atom. The minimum Gasteiger partial charge on any atom is -0.481 e. The summed E-state index contributed by atoms with van der Waals surface area (Å²) in [5.41, 5.74) is 0. The Kier molecular flexibility index (Phi) is 6.49. The van der Waals surface area contributed by atoms with E-state index in [1.165, 1.54) is 0 Å². The second-order valence-corrected chi connectivity index (χ2v) is 5.15. The third-order valence-electron chi connectivity index (χ3n) is 2.76. The standard InChI is InChI=1S/C13H19NO4S/c1-3-9(6-12(15)16)7-14-13(17)11-5-4-10(18-11)8-19-2/h4-5,9H,3,6-8H2,1-2H3,(H,14,17)(H,15,16). The maximum Gasteiger partial charge on any atom is 0.303 e. The van der Waals surface area contributed by atoms with Crippen molar-refractivity contribution in [1.82, 2.24) is 5.32 Å². The summed E-state index contributed by atoms with van der Waals surface area (Å²) in [6.45, 7) is 2.25. The highest BCUT2D eigenvalue weighted by Crippen LogP contribution is 2.13. The average Bonchev–Trinajstić information content (AvgIpc) is 2.82. The van der Waals surface area contributed by atoms with E-state index in [2.05, 4.69) is 5.32 Å². The van der Waals surface area contributed by atoms with Gasteiger partial charge >= 0.3 is 5.97 Å². The average molecular weight is 285 g/mol. The van der Waals surface area contributed by atoms with Gasteiger partial charge in [0.25, 0.3) is 5.91 Å². The summed E-state index contributed by atoms with van der Waals surface area (Å²) >= 11 is 1.62. The zero-order chi connectivity index (χ0) is 14.3. The van der Waals surface area contributed by atoms with E-state index in [9.17, 15) is 9.59 Å². The lowest BCUT2D eigenvalue weighted by molar-refractivity contribution is -0.138. The number of carbonyl (C=O) groups is 2. The van der Waals surface area contributed by atoms with Crippen LogP contribution in [-0.2, 0) is 10.5 Å². The second kappa shape index (κ2) is 7.89. The molecule has 0 saturated heterocycles. The molecule has 1 aromatic rings. The zero-order valence-corrected chi connectivity index (χ0v) is 12.0. The molecule has 1 atom stereocenters. The Balaban J connectivity index is 2.47. The molecule has 0 aliphatic rings. The van der Waals surface area contributed by atoms with E-state index >= 15 is 0 Å². The summed E-state index contributed by atoms with van der Waals surface area (Å²) in [7, 11) is 0. The van der Waals surface area contributed by atoms with Crippen LogP contribution >= 0.6 is 11.8 Å². The number of aliphatic carboxylic acids is 1. The first-order chi connectivity index (χ1) is 9.06. The maximum atomic E-state index is 11.8. The molecule has 1 heterocycles. The van der Waals surface area contributed by atoms with Crippen LogP contribution < -0.4 is 5.32 Å². The Labute approximate surface area is 116 Å². The van der Waals surface area contributed by atoms with Crippen LogP contribution in [0.25, 0.3) is 0 Å². The van der Waals surface area contributed by atoms with Crippen LogP contribution in [0, 0.1) is 5.92 Å². The highest BCUT2D eigenvalue weighted by Gasteiger charge is 2.15. The fraction of sp³-hybridized carbons (Fsp3) is 0.538. The summed E-state index contributed by atoms with van der Waals surface area (Å²) in [6, 6.07) is 3.42. The highest BCUT2D eigenvalue weighted by atomic mass is 32.2. The molecular formula is C13H19NO4S. The number of thioether (sulfide) groups is 1. The molecule has 106 valence electrons. The first-order valence-corrected chi connectivity index (χ1v) is 7.53. The number of carboxylic acids is 1. The minimum atomic E-state index is -0.846. The van der Waals surface area contributed by atoms with Crippen LogP contribution in [0.15, 0.2) is 16.5 Å². The van der Waals surface area contributed by atoms with Gasteiger partial charge in [-0.05, 0) is 24.3 Å². The summed E-state index contributed by atoms with van der Waals surface area (Å²) in [4.78, 5) is 22.4. The Hall–Kier alpha value is -1.43. The summed E-state index contributed by atoms with van der Waals surface area (Å²) < 4.78 is 5.38. The molecule has 0 bridgehead atoms. The van der Waals surface area contributed by atoms with Crippen molar-refractivity contribution in [3.8, 4) is 0 Å². The van der Waals surface area contributed by atoms with Gasteiger partial charge in [0.2, 0.25) is 0 Å². The van der Waals surface area contributed by atoms with Crippen LogP contribution in [0.4, 0.5) is 0 Å². The molecule has 0 fully saturated rings. The van der Waals surface area contributed by atoms with E-state index in [4.69, 9.17) is 9.52 Å². The van der Waals surface area contributed by atoms with E-state index in [0.29, 0.717) is 13.0 Å². The molecule has 0 aliphatic heterocycles. The van der Waals surface area contributed by atoms with Gasteiger partial charge in [-0.1, -0.05) is 13.3 Å². The van der Waals surface area contributed by atoms with Gasteiger partial charge in [-0.3, -0.25) is 9.59 Å². The smallest absolute Gasteiger partial charge is 0.303 e. The third kappa shape index (κ3) is 5.38. The van der Waals surface area contributed by atoms with Crippen LogP contribution in [0.2, 0.25) is 0 Å². The van der Waals surface area contributed by atoms with Crippen molar-refractivity contribution in [2.75, 3.05) is 12.8 Å². The quantitative estimate of drug-likeness (QED) is 0.766. The number of amides is 1. The Morgan fingerprint density at radius 1 is 1.47 bits per heavy atom. The van der Waals surface area contributed by atoms with Gasteiger partial charge in [0.1, 0.15) is 5.76 Å². The minimum absolute atomic E-state index is 0.0536. The van der Waals surface area contributed by atoms with Crippen LogP contribution in [0.1, 0.15) is 36.1 Å². The zero-order valence-electron chi connectivity index (χ0n) is 11.1. The first-order valence-electron chi connectivity index (χ1n) is 6.14. The SMILES string of the molecule is CCC(CNC(=O)c1ccc(CSC)o1)CC(=O)O. The first kappa shape index (κ1) is 15.6. The molecule has 19 heavy (non-hydrogen) atoms. The van der Waals surface area contributed by atoms with Crippen molar-refractivity contribution >= 4 is 23.6 Å². The molecule has 0 aromatic carbocycles. The van der Waals surface area contributed by atoms with E-state index in [1.807, 2.05) is 13.2 Å². The van der Waals surface area contributed by atoms with Crippen LogP contribution in [0.5, 0.6) is 0 Å². The lowest BCUT2D eigenvalue weighted by Gasteiger charge is -2.12. The van der Waals surface area contributed by atoms with E-state index in [0.717, 1.165) is 11.5 Å². The summed E-state index contributed by atoms with van der Waals surface area (Å²) in [5, 5.41) is 11.4. The lowest BCUT2D eigenvalue weighted by atomic mass is 10.0. The normalized spacial score (nSPS) is 12.1. The topological polar surface area (TPSA) is 79.5 Å². The number of rotatable bonds is 8. The molecule has 0 radical (unpaired) electrons. The van der Waals surface area contributed by atoms with Gasteiger partial charge in [-0.25, -0.2) is 0 Å². The van der Waals surface area contributed by atoms with E-state index in [1.54, 1.807) is 23.9 Å². The van der Waals surface area contributed by atoms with Crippen LogP contribution in [0.3, 0.4) is 0 Å². The Morgan fingerprint density at radius 2 is 2.21 bits per heavy atom. The van der Waals surface area contributed by atoms with Crippen molar-refractivity contribution in [2.45, 2.75) is 25.5 Å². The van der Waals surface area contributed by atoms with Crippen molar-refractivity contribution in [2.24, 2.45) is 5.92 Å². The lowest BCUT2D eigenvalue weighted by Crippen LogP contribution is -2.29. The number of nitrogens with one attached hydrogen (secondary N) is 1. The second-order valence-electron chi connectivity index (χ2n) is 4.28. The molecule has 2 N–H and O–H groups in total. The van der Waals surface area contributed by atoms with Gasteiger partial charge in [0.05, 0.1) is 5.75 Å². The summed E-state index contributed by atoms with van der Waals surface area (Å²) in [6.07, 6.45) is 2.73. The van der Waals surface area contributed by atoms with Gasteiger partial charge in [0.15, 0.2) is 5.76 Å². The third-order valence-corrected chi connectivity index (χ3v) is 3.34.